The first kappa shape index (κ1) is 17.1. The van der Waals surface area contributed by atoms with Gasteiger partial charge in [0, 0.05) is 16.9 Å². The van der Waals surface area contributed by atoms with Gasteiger partial charge in [-0.1, -0.05) is 30.3 Å². The third-order valence-electron chi connectivity index (χ3n) is 3.31. The van der Waals surface area contributed by atoms with Crippen molar-refractivity contribution in [1.29, 1.82) is 0 Å². The number of esters is 1. The zero-order chi connectivity index (χ0) is 16.8. The highest BCUT2D eigenvalue weighted by molar-refractivity contribution is 7.14. The first-order valence-corrected chi connectivity index (χ1v) is 8.17. The molecule has 2 aromatic rings. The first-order valence-electron chi connectivity index (χ1n) is 7.35. The summed E-state index contributed by atoms with van der Waals surface area (Å²) in [4.78, 5) is 37.5. The molecule has 2 rings (SSSR count). The molecule has 1 heterocycles. The average Bonchev–Trinajstić information content (AvgIpc) is 2.99. The van der Waals surface area contributed by atoms with Gasteiger partial charge in [0.1, 0.15) is 0 Å². The molecule has 1 atom stereocenters. The van der Waals surface area contributed by atoms with Crippen LogP contribution >= 0.6 is 11.3 Å². The minimum atomic E-state index is -0.857. The highest BCUT2D eigenvalue weighted by atomic mass is 32.1. The van der Waals surface area contributed by atoms with Crippen molar-refractivity contribution >= 4 is 28.9 Å². The number of carbonyl (C=O) groups excluding carboxylic acids is 3. The zero-order valence-corrected chi connectivity index (χ0v) is 13.9. The fourth-order valence-electron chi connectivity index (χ4n) is 2.07. The monoisotopic (exact) mass is 330 g/mol. The third-order valence-corrected chi connectivity index (χ3v) is 4.35. The van der Waals surface area contributed by atoms with E-state index in [1.165, 1.54) is 18.3 Å². The van der Waals surface area contributed by atoms with Gasteiger partial charge in [0.05, 0.1) is 11.3 Å². The van der Waals surface area contributed by atoms with Crippen LogP contribution in [-0.4, -0.2) is 23.6 Å². The van der Waals surface area contributed by atoms with Crippen LogP contribution in [0.4, 0.5) is 0 Å². The molecule has 0 radical (unpaired) electrons. The molecule has 120 valence electrons. The van der Waals surface area contributed by atoms with Crippen LogP contribution in [0.3, 0.4) is 0 Å². The van der Waals surface area contributed by atoms with Crippen LogP contribution in [0.5, 0.6) is 0 Å². The lowest BCUT2D eigenvalue weighted by molar-refractivity contribution is -0.146. The van der Waals surface area contributed by atoms with Gasteiger partial charge in [-0.15, -0.1) is 11.3 Å². The predicted molar refractivity (Wildman–Crippen MR) is 88.9 cm³/mol. The van der Waals surface area contributed by atoms with Crippen molar-refractivity contribution in [2.45, 2.75) is 32.8 Å². The molecular weight excluding hydrogens is 312 g/mol. The molecule has 1 aromatic carbocycles. The minimum Gasteiger partial charge on any atom is -0.454 e. The maximum Gasteiger partial charge on any atom is 0.306 e. The summed E-state index contributed by atoms with van der Waals surface area (Å²) in [7, 11) is 0. The van der Waals surface area contributed by atoms with E-state index in [0.29, 0.717) is 10.4 Å². The quantitative estimate of drug-likeness (QED) is 0.572. The summed E-state index contributed by atoms with van der Waals surface area (Å²) in [5.74, 6) is -0.871. The number of aryl methyl sites for hydroxylation is 1. The summed E-state index contributed by atoms with van der Waals surface area (Å²) in [6, 6.07) is 12.3. The minimum absolute atomic E-state index is 0.0256. The molecule has 0 saturated carbocycles. The van der Waals surface area contributed by atoms with Gasteiger partial charge in [-0.2, -0.15) is 0 Å². The van der Waals surface area contributed by atoms with Crippen molar-refractivity contribution in [2.75, 3.05) is 0 Å². The van der Waals surface area contributed by atoms with Crippen LogP contribution in [0, 0.1) is 6.92 Å². The van der Waals surface area contributed by atoms with E-state index in [1.54, 1.807) is 30.3 Å². The number of carbonyl (C=O) groups is 3. The van der Waals surface area contributed by atoms with Crippen molar-refractivity contribution in [2.24, 2.45) is 0 Å². The van der Waals surface area contributed by atoms with Gasteiger partial charge in [-0.05, 0) is 26.0 Å². The first-order chi connectivity index (χ1) is 11.0. The normalized spacial score (nSPS) is 11.7. The van der Waals surface area contributed by atoms with Crippen LogP contribution in [0.1, 0.15) is 44.7 Å². The topological polar surface area (TPSA) is 60.4 Å². The fraction of sp³-hybridized carbons (Fsp3) is 0.278. The molecule has 0 aliphatic rings. The number of Topliss-reactive ketones (excluding diaryl/α,β-unsaturated/α-hetero) is 2. The smallest absolute Gasteiger partial charge is 0.306 e. The molecule has 0 aliphatic heterocycles. The van der Waals surface area contributed by atoms with Gasteiger partial charge in [-0.25, -0.2) is 0 Å². The molecule has 0 N–H and O–H groups in total. The van der Waals surface area contributed by atoms with Crippen LogP contribution < -0.4 is 0 Å². The van der Waals surface area contributed by atoms with Gasteiger partial charge in [-0.3, -0.25) is 14.4 Å². The average molecular weight is 330 g/mol. The maximum atomic E-state index is 12.1. The Labute approximate surface area is 139 Å². The molecule has 0 aliphatic carbocycles. The van der Waals surface area contributed by atoms with Gasteiger partial charge < -0.3 is 4.74 Å². The van der Waals surface area contributed by atoms with E-state index >= 15 is 0 Å². The van der Waals surface area contributed by atoms with Crippen LogP contribution in [0.2, 0.25) is 0 Å². The summed E-state index contributed by atoms with van der Waals surface area (Å²) in [6.07, 6.45) is -0.795. The Morgan fingerprint density at radius 2 is 1.74 bits per heavy atom. The lowest BCUT2D eigenvalue weighted by atomic mass is 10.1. The third kappa shape index (κ3) is 4.86. The summed E-state index contributed by atoms with van der Waals surface area (Å²) in [5, 5.41) is 0. The Morgan fingerprint density at radius 1 is 1.04 bits per heavy atom. The largest absolute Gasteiger partial charge is 0.454 e. The van der Waals surface area contributed by atoms with Gasteiger partial charge in [0.2, 0.25) is 5.78 Å². The molecule has 5 heteroatoms. The van der Waals surface area contributed by atoms with Crippen molar-refractivity contribution in [3.8, 4) is 0 Å². The van der Waals surface area contributed by atoms with Gasteiger partial charge in [0.15, 0.2) is 11.9 Å². The standard InChI is InChI=1S/C18H18O4S/c1-12-8-10-16(23-12)15(19)9-11-17(20)22-13(2)18(21)14-6-4-3-5-7-14/h3-8,10,13H,9,11H2,1-2H3. The second-order valence-electron chi connectivity index (χ2n) is 5.20. The van der Waals surface area contributed by atoms with E-state index in [0.717, 1.165) is 4.88 Å². The highest BCUT2D eigenvalue weighted by Crippen LogP contribution is 2.17. The van der Waals surface area contributed by atoms with Crippen LogP contribution in [0.25, 0.3) is 0 Å². The fourth-order valence-corrected chi connectivity index (χ4v) is 2.90. The number of benzene rings is 1. The van der Waals surface area contributed by atoms with Crippen molar-refractivity contribution in [3.63, 3.8) is 0 Å². The van der Waals surface area contributed by atoms with Gasteiger partial charge in [0.25, 0.3) is 0 Å². The number of hydrogen-bond donors (Lipinski definition) is 0. The SMILES string of the molecule is Cc1ccc(C(=O)CCC(=O)OC(C)C(=O)c2ccccc2)s1. The van der Waals surface area contributed by atoms with E-state index < -0.39 is 12.1 Å². The van der Waals surface area contributed by atoms with Crippen molar-refractivity contribution in [3.05, 3.63) is 57.8 Å². The number of hydrogen-bond acceptors (Lipinski definition) is 5. The Hall–Kier alpha value is -2.27. The van der Waals surface area contributed by atoms with E-state index in [4.69, 9.17) is 4.74 Å². The van der Waals surface area contributed by atoms with E-state index in [1.807, 2.05) is 19.1 Å². The van der Waals surface area contributed by atoms with E-state index in [2.05, 4.69) is 0 Å². The molecule has 1 aromatic heterocycles. The Kier molecular flexibility index (Phi) is 5.82. The molecule has 4 nitrogen and oxygen atoms in total. The van der Waals surface area contributed by atoms with Crippen molar-refractivity contribution < 1.29 is 19.1 Å². The summed E-state index contributed by atoms with van der Waals surface area (Å²) < 4.78 is 5.12. The second-order valence-corrected chi connectivity index (χ2v) is 6.48. The van der Waals surface area contributed by atoms with Crippen LogP contribution in [-0.2, 0) is 9.53 Å². The molecule has 0 amide bonds. The molecule has 0 bridgehead atoms. The van der Waals surface area contributed by atoms with Crippen molar-refractivity contribution in [1.82, 2.24) is 0 Å². The highest BCUT2D eigenvalue weighted by Gasteiger charge is 2.20. The maximum absolute atomic E-state index is 12.1. The zero-order valence-electron chi connectivity index (χ0n) is 13.1. The molecule has 1 unspecified atom stereocenters. The van der Waals surface area contributed by atoms with Crippen LogP contribution in [0.15, 0.2) is 42.5 Å². The number of rotatable bonds is 7. The van der Waals surface area contributed by atoms with E-state index in [-0.39, 0.29) is 24.4 Å². The summed E-state index contributed by atoms with van der Waals surface area (Å²) >= 11 is 1.41. The number of thiophene rings is 1. The van der Waals surface area contributed by atoms with Gasteiger partial charge >= 0.3 is 5.97 Å². The summed E-state index contributed by atoms with van der Waals surface area (Å²) in [6.45, 7) is 3.46. The number of ether oxygens (including phenoxy) is 1. The molecule has 0 saturated heterocycles. The van der Waals surface area contributed by atoms with E-state index in [9.17, 15) is 14.4 Å². The molecule has 0 spiro atoms. The molecular formula is C18H18O4S. The lowest BCUT2D eigenvalue weighted by Gasteiger charge is -2.12. The Morgan fingerprint density at radius 3 is 2.35 bits per heavy atom. The molecule has 0 fully saturated rings. The molecule has 23 heavy (non-hydrogen) atoms. The summed E-state index contributed by atoms with van der Waals surface area (Å²) in [5.41, 5.74) is 0.498. The Bertz CT molecular complexity index is 703. The second kappa shape index (κ2) is 7.83. The Balaban J connectivity index is 1.82. The predicted octanol–water partition coefficient (Wildman–Crippen LogP) is 3.83. The lowest BCUT2D eigenvalue weighted by Crippen LogP contribution is -2.24. The number of ketones is 2.